The second kappa shape index (κ2) is 7.55. The van der Waals surface area contributed by atoms with Crippen LogP contribution in [0, 0.1) is 5.92 Å². The second-order valence-electron chi connectivity index (χ2n) is 4.88. The molecule has 1 N–H and O–H groups in total. The number of nitrogens with one attached hydrogen (secondary N) is 1. The molecule has 1 nitrogen and oxygen atoms in total. The summed E-state index contributed by atoms with van der Waals surface area (Å²) in [5.41, 5.74) is 1.32. The van der Waals surface area contributed by atoms with Gasteiger partial charge in [-0.3, -0.25) is 0 Å². The van der Waals surface area contributed by atoms with Gasteiger partial charge in [0.15, 0.2) is 0 Å². The Labute approximate surface area is 122 Å². The lowest BCUT2D eigenvalue weighted by molar-refractivity contribution is 0.497. The van der Waals surface area contributed by atoms with E-state index in [0.29, 0.717) is 6.04 Å². The van der Waals surface area contributed by atoms with Gasteiger partial charge in [0.1, 0.15) is 0 Å². The summed E-state index contributed by atoms with van der Waals surface area (Å²) in [5.74, 6) is 0.798. The highest BCUT2D eigenvalue weighted by molar-refractivity contribution is 9.11. The van der Waals surface area contributed by atoms with Crippen LogP contribution < -0.4 is 5.32 Å². The molecule has 0 spiro atoms. The molecule has 0 aliphatic carbocycles. The minimum absolute atomic E-state index is 0.393. The van der Waals surface area contributed by atoms with Crippen molar-refractivity contribution in [1.29, 1.82) is 0 Å². The van der Waals surface area contributed by atoms with Gasteiger partial charge < -0.3 is 5.32 Å². The molecule has 0 radical (unpaired) electrons. The van der Waals surface area contributed by atoms with Crippen molar-refractivity contribution in [2.24, 2.45) is 5.92 Å². The Morgan fingerprint density at radius 2 is 1.88 bits per heavy atom. The van der Waals surface area contributed by atoms with Crippen LogP contribution in [0.2, 0.25) is 0 Å². The van der Waals surface area contributed by atoms with Gasteiger partial charge in [0.2, 0.25) is 0 Å². The van der Waals surface area contributed by atoms with Gasteiger partial charge in [0, 0.05) is 15.0 Å². The maximum Gasteiger partial charge on any atom is 0.0302 e. The first-order valence-corrected chi connectivity index (χ1v) is 7.77. The molecule has 0 aromatic heterocycles. The Balaban J connectivity index is 2.44. The maximum absolute atomic E-state index is 3.61. The van der Waals surface area contributed by atoms with Gasteiger partial charge in [0.25, 0.3) is 0 Å². The van der Waals surface area contributed by atoms with Crippen molar-refractivity contribution >= 4 is 31.9 Å². The Morgan fingerprint density at radius 3 is 2.47 bits per heavy atom. The number of halogens is 2. The number of rotatable bonds is 6. The van der Waals surface area contributed by atoms with Crippen molar-refractivity contribution in [2.75, 3.05) is 6.54 Å². The Hall–Kier alpha value is 0.140. The second-order valence-corrected chi connectivity index (χ2v) is 6.65. The van der Waals surface area contributed by atoms with E-state index in [1.807, 2.05) is 0 Å². The van der Waals surface area contributed by atoms with Gasteiger partial charge in [-0.05, 0) is 49.9 Å². The van der Waals surface area contributed by atoms with Gasteiger partial charge in [0.05, 0.1) is 0 Å². The Kier molecular flexibility index (Phi) is 6.75. The zero-order valence-corrected chi connectivity index (χ0v) is 13.9. The third kappa shape index (κ3) is 5.54. The van der Waals surface area contributed by atoms with E-state index in [2.05, 4.69) is 76.1 Å². The molecule has 0 fully saturated rings. The van der Waals surface area contributed by atoms with Crippen molar-refractivity contribution < 1.29 is 0 Å². The number of hydrogen-bond donors (Lipinski definition) is 1. The zero-order chi connectivity index (χ0) is 12.8. The van der Waals surface area contributed by atoms with Gasteiger partial charge in [-0.2, -0.15) is 0 Å². The van der Waals surface area contributed by atoms with Gasteiger partial charge in [-0.15, -0.1) is 0 Å². The molecular formula is C14H21Br2N. The van der Waals surface area contributed by atoms with Crippen LogP contribution in [0.1, 0.15) is 45.2 Å². The van der Waals surface area contributed by atoms with E-state index in [4.69, 9.17) is 0 Å². The molecule has 1 aromatic rings. The minimum atomic E-state index is 0.393. The topological polar surface area (TPSA) is 12.0 Å². The van der Waals surface area contributed by atoms with Crippen LogP contribution in [0.4, 0.5) is 0 Å². The molecule has 1 unspecified atom stereocenters. The molecule has 1 rings (SSSR count). The molecule has 0 amide bonds. The lowest BCUT2D eigenvalue weighted by Gasteiger charge is -2.16. The SMILES string of the molecule is CC(C)CCCNC(C)c1ccc(Br)cc1Br. The fourth-order valence-corrected chi connectivity index (χ4v) is 3.18. The highest BCUT2D eigenvalue weighted by atomic mass is 79.9. The maximum atomic E-state index is 3.61. The molecule has 0 aliphatic rings. The summed E-state index contributed by atoms with van der Waals surface area (Å²) in [6, 6.07) is 6.74. The van der Waals surface area contributed by atoms with Crippen LogP contribution in [-0.2, 0) is 0 Å². The zero-order valence-electron chi connectivity index (χ0n) is 10.8. The summed E-state index contributed by atoms with van der Waals surface area (Å²) in [5, 5.41) is 3.57. The smallest absolute Gasteiger partial charge is 0.0302 e. The normalized spacial score (nSPS) is 13.1. The van der Waals surface area contributed by atoms with E-state index in [0.717, 1.165) is 21.4 Å². The standard InChI is InChI=1S/C14H21Br2N/c1-10(2)5-4-8-17-11(3)13-7-6-12(15)9-14(13)16/h6-7,9-11,17H,4-5,8H2,1-3H3. The largest absolute Gasteiger partial charge is 0.310 e. The Bertz CT molecular complexity index is 350. The lowest BCUT2D eigenvalue weighted by atomic mass is 10.1. The Morgan fingerprint density at radius 1 is 1.18 bits per heavy atom. The van der Waals surface area contributed by atoms with Crippen LogP contribution in [0.5, 0.6) is 0 Å². The number of hydrogen-bond acceptors (Lipinski definition) is 1. The van der Waals surface area contributed by atoms with Gasteiger partial charge >= 0.3 is 0 Å². The average Bonchev–Trinajstić information content (AvgIpc) is 2.23. The monoisotopic (exact) mass is 361 g/mol. The molecule has 0 saturated carbocycles. The molecule has 0 bridgehead atoms. The fraction of sp³-hybridized carbons (Fsp3) is 0.571. The molecule has 96 valence electrons. The van der Waals surface area contributed by atoms with Crippen LogP contribution >= 0.6 is 31.9 Å². The highest BCUT2D eigenvalue weighted by Crippen LogP contribution is 2.26. The predicted molar refractivity (Wildman–Crippen MR) is 82.3 cm³/mol. The van der Waals surface area contributed by atoms with Crippen molar-refractivity contribution in [3.8, 4) is 0 Å². The van der Waals surface area contributed by atoms with E-state index in [9.17, 15) is 0 Å². The summed E-state index contributed by atoms with van der Waals surface area (Å²) >= 11 is 7.08. The third-order valence-corrected chi connectivity index (χ3v) is 4.02. The van der Waals surface area contributed by atoms with Crippen LogP contribution in [-0.4, -0.2) is 6.54 Å². The highest BCUT2D eigenvalue weighted by Gasteiger charge is 2.08. The van der Waals surface area contributed by atoms with Crippen LogP contribution in [0.15, 0.2) is 27.1 Å². The van der Waals surface area contributed by atoms with Crippen molar-refractivity contribution in [3.05, 3.63) is 32.7 Å². The van der Waals surface area contributed by atoms with E-state index >= 15 is 0 Å². The lowest BCUT2D eigenvalue weighted by Crippen LogP contribution is -2.20. The van der Waals surface area contributed by atoms with Crippen LogP contribution in [0.3, 0.4) is 0 Å². The predicted octanol–water partition coefficient (Wildman–Crippen LogP) is 5.30. The van der Waals surface area contributed by atoms with E-state index in [-0.39, 0.29) is 0 Å². The van der Waals surface area contributed by atoms with Crippen molar-refractivity contribution in [1.82, 2.24) is 5.32 Å². The number of benzene rings is 1. The van der Waals surface area contributed by atoms with Crippen molar-refractivity contribution in [3.63, 3.8) is 0 Å². The molecular weight excluding hydrogens is 342 g/mol. The molecule has 1 aromatic carbocycles. The molecule has 0 heterocycles. The minimum Gasteiger partial charge on any atom is -0.310 e. The quantitative estimate of drug-likeness (QED) is 0.677. The third-order valence-electron chi connectivity index (χ3n) is 2.84. The summed E-state index contributed by atoms with van der Waals surface area (Å²) in [6.07, 6.45) is 2.54. The van der Waals surface area contributed by atoms with Crippen LogP contribution in [0.25, 0.3) is 0 Å². The van der Waals surface area contributed by atoms with E-state index in [1.165, 1.54) is 18.4 Å². The summed E-state index contributed by atoms with van der Waals surface area (Å²) in [7, 11) is 0. The molecule has 0 aliphatic heterocycles. The van der Waals surface area contributed by atoms with E-state index < -0.39 is 0 Å². The van der Waals surface area contributed by atoms with E-state index in [1.54, 1.807) is 0 Å². The van der Waals surface area contributed by atoms with Gasteiger partial charge in [-0.1, -0.05) is 51.8 Å². The van der Waals surface area contributed by atoms with Gasteiger partial charge in [-0.25, -0.2) is 0 Å². The summed E-state index contributed by atoms with van der Waals surface area (Å²) in [4.78, 5) is 0. The first-order valence-electron chi connectivity index (χ1n) is 6.19. The summed E-state index contributed by atoms with van der Waals surface area (Å²) in [6.45, 7) is 7.84. The molecule has 3 heteroatoms. The molecule has 17 heavy (non-hydrogen) atoms. The average molecular weight is 363 g/mol. The van der Waals surface area contributed by atoms with Crippen molar-refractivity contribution in [2.45, 2.75) is 39.7 Å². The first-order chi connectivity index (χ1) is 8.00. The fourth-order valence-electron chi connectivity index (χ4n) is 1.79. The molecule has 0 saturated heterocycles. The summed E-state index contributed by atoms with van der Waals surface area (Å²) < 4.78 is 2.27. The molecule has 1 atom stereocenters. The first kappa shape index (κ1) is 15.2.